The van der Waals surface area contributed by atoms with Crippen LogP contribution in [0.1, 0.15) is 65.4 Å². The Bertz CT molecular complexity index is 1710. The second kappa shape index (κ2) is 11.8. The van der Waals surface area contributed by atoms with Crippen LogP contribution in [0.5, 0.6) is 0 Å². The van der Waals surface area contributed by atoms with Crippen LogP contribution in [0.25, 0.3) is 33.8 Å². The minimum absolute atomic E-state index is 0.0696. The summed E-state index contributed by atoms with van der Waals surface area (Å²) in [5.74, 6) is 0.205. The maximum atomic E-state index is 12.7. The number of carbonyl (C=O) groups is 2. The Morgan fingerprint density at radius 3 is 2.67 bits per heavy atom. The smallest absolute Gasteiger partial charge is 0.337 e. The van der Waals surface area contributed by atoms with E-state index in [0.29, 0.717) is 50.2 Å². The van der Waals surface area contributed by atoms with Crippen LogP contribution in [-0.4, -0.2) is 71.5 Å². The van der Waals surface area contributed by atoms with Crippen LogP contribution in [0.4, 0.5) is 6.01 Å². The van der Waals surface area contributed by atoms with E-state index in [9.17, 15) is 9.59 Å². The zero-order valence-electron chi connectivity index (χ0n) is 24.3. The molecule has 1 saturated heterocycles. The highest BCUT2D eigenvalue weighted by Gasteiger charge is 2.30. The summed E-state index contributed by atoms with van der Waals surface area (Å²) >= 11 is 0. The van der Waals surface area contributed by atoms with Crippen LogP contribution in [0.2, 0.25) is 0 Å². The van der Waals surface area contributed by atoms with Crippen LogP contribution >= 0.6 is 0 Å². The molecule has 0 unspecified atom stereocenters. The van der Waals surface area contributed by atoms with Crippen LogP contribution in [0, 0.1) is 0 Å². The number of carbonyl (C=O) groups excluding carboxylic acids is 2. The second-order valence-electron chi connectivity index (χ2n) is 11.5. The number of nitrogens with one attached hydrogen (secondary N) is 1. The van der Waals surface area contributed by atoms with Crippen molar-refractivity contribution in [2.24, 2.45) is 0 Å². The number of benzene rings is 2. The Morgan fingerprint density at radius 2 is 1.86 bits per heavy atom. The number of allylic oxidation sites excluding steroid dienone is 1. The molecule has 4 heterocycles. The molecule has 10 nitrogen and oxygen atoms in total. The second-order valence-corrected chi connectivity index (χ2v) is 11.5. The Kier molecular flexibility index (Phi) is 7.54. The highest BCUT2D eigenvalue weighted by atomic mass is 16.5. The van der Waals surface area contributed by atoms with Gasteiger partial charge in [-0.3, -0.25) is 15.0 Å². The van der Waals surface area contributed by atoms with E-state index >= 15 is 0 Å². The number of methoxy groups -OCH3 is 1. The third-order valence-corrected chi connectivity index (χ3v) is 8.83. The van der Waals surface area contributed by atoms with Crippen molar-refractivity contribution in [2.45, 2.75) is 44.6 Å². The highest BCUT2D eigenvalue weighted by molar-refractivity contribution is 6.01. The van der Waals surface area contributed by atoms with E-state index in [0.717, 1.165) is 40.4 Å². The largest absolute Gasteiger partial charge is 0.465 e. The van der Waals surface area contributed by atoms with Crippen molar-refractivity contribution in [3.63, 3.8) is 0 Å². The maximum Gasteiger partial charge on any atom is 0.337 e. The number of hydrogen-bond donors (Lipinski definition) is 1. The third-order valence-electron chi connectivity index (χ3n) is 8.83. The predicted octanol–water partition coefficient (Wildman–Crippen LogP) is 5.35. The molecule has 10 heteroatoms. The van der Waals surface area contributed by atoms with E-state index in [1.54, 1.807) is 0 Å². The third kappa shape index (κ3) is 5.36. The first-order chi connectivity index (χ1) is 21.1. The summed E-state index contributed by atoms with van der Waals surface area (Å²) < 4.78 is 18.8. The lowest BCUT2D eigenvalue weighted by molar-refractivity contribution is -0.118. The summed E-state index contributed by atoms with van der Waals surface area (Å²) in [6.07, 6.45) is 8.07. The van der Waals surface area contributed by atoms with Crippen molar-refractivity contribution in [3.8, 4) is 11.3 Å². The lowest BCUT2D eigenvalue weighted by Crippen LogP contribution is -2.41. The van der Waals surface area contributed by atoms with Gasteiger partial charge in [-0.05, 0) is 48.1 Å². The molecule has 222 valence electrons. The molecule has 0 bridgehead atoms. The average Bonchev–Trinajstić information content (AvgIpc) is 3.58. The Balaban J connectivity index is 1.29. The van der Waals surface area contributed by atoms with Gasteiger partial charge in [0.2, 0.25) is 11.8 Å². The fraction of sp³-hybridized carbons (Fsp3) is 0.394. The predicted molar refractivity (Wildman–Crippen MR) is 163 cm³/mol. The molecule has 7 rings (SSSR count). The van der Waals surface area contributed by atoms with Crippen molar-refractivity contribution in [2.75, 3.05) is 45.3 Å². The molecule has 2 aliphatic heterocycles. The molecule has 0 radical (unpaired) electrons. The van der Waals surface area contributed by atoms with Crippen LogP contribution in [-0.2, 0) is 20.8 Å². The molecule has 43 heavy (non-hydrogen) atoms. The molecule has 1 N–H and O–H groups in total. The van der Waals surface area contributed by atoms with Gasteiger partial charge in [0.1, 0.15) is 0 Å². The highest BCUT2D eigenvalue weighted by Crippen LogP contribution is 2.47. The molecule has 2 aromatic heterocycles. The van der Waals surface area contributed by atoms with Crippen molar-refractivity contribution in [1.82, 2.24) is 19.7 Å². The number of nitrogens with zero attached hydrogens (tertiary/aromatic N) is 4. The van der Waals surface area contributed by atoms with E-state index in [1.165, 1.54) is 37.6 Å². The van der Waals surface area contributed by atoms with Gasteiger partial charge in [-0.25, -0.2) is 4.79 Å². The van der Waals surface area contributed by atoms with Crippen LogP contribution in [0.15, 0.2) is 46.9 Å². The van der Waals surface area contributed by atoms with E-state index in [2.05, 4.69) is 50.4 Å². The number of fused-ring (bicyclic) bond motifs is 5. The van der Waals surface area contributed by atoms with Crippen molar-refractivity contribution < 1.29 is 23.5 Å². The van der Waals surface area contributed by atoms with Crippen molar-refractivity contribution in [3.05, 3.63) is 65.0 Å². The minimum atomic E-state index is -0.365. The molecule has 2 fully saturated rings. The van der Waals surface area contributed by atoms with Crippen molar-refractivity contribution in [1.29, 1.82) is 0 Å². The lowest BCUT2D eigenvalue weighted by atomic mass is 9.81. The Morgan fingerprint density at radius 1 is 1.05 bits per heavy atom. The number of esters is 1. The fourth-order valence-corrected chi connectivity index (χ4v) is 6.78. The van der Waals surface area contributed by atoms with Gasteiger partial charge in [-0.1, -0.05) is 54.7 Å². The number of ether oxygens (including phenoxy) is 2. The van der Waals surface area contributed by atoms with Gasteiger partial charge in [0.25, 0.3) is 0 Å². The average molecular weight is 582 g/mol. The standard InChI is InChI=1S/C33H35N5O5/c1-41-32(40)23-11-12-26-27(18-23)38-19-24(31-35-36-33(43-31)34-28(39)20-37-13-15-42-16-14-37)17-22-9-5-6-10-25(22)30(38)29(26)21-7-3-2-4-8-21/h5-6,9-12,17-18,21H,2-4,7-8,13-16,19-20H2,1H3,(H,34,36,39). The molecule has 3 aliphatic rings. The van der Waals surface area contributed by atoms with Gasteiger partial charge in [0.15, 0.2) is 0 Å². The molecular weight excluding hydrogens is 546 g/mol. The molecule has 0 spiro atoms. The van der Waals surface area contributed by atoms with Gasteiger partial charge < -0.3 is 18.5 Å². The summed E-state index contributed by atoms with van der Waals surface area (Å²) in [7, 11) is 1.41. The quantitative estimate of drug-likeness (QED) is 0.304. The Hall–Kier alpha value is -4.28. The maximum absolute atomic E-state index is 12.7. The SMILES string of the molecule is COC(=O)c1ccc2c(C3CCCCC3)c3n(c2c1)CC(c1nnc(NC(=O)CN2CCOCC2)o1)=Cc1ccccc1-3. The van der Waals surface area contributed by atoms with Crippen LogP contribution in [0.3, 0.4) is 0 Å². The summed E-state index contributed by atoms with van der Waals surface area (Å²) in [6.45, 7) is 3.36. The minimum Gasteiger partial charge on any atom is -0.465 e. The molecule has 1 aliphatic carbocycles. The number of hydrogen-bond acceptors (Lipinski definition) is 8. The zero-order chi connectivity index (χ0) is 29.3. The summed E-state index contributed by atoms with van der Waals surface area (Å²) in [5.41, 5.74) is 7.01. The van der Waals surface area contributed by atoms with E-state index in [-0.39, 0.29) is 24.4 Å². The van der Waals surface area contributed by atoms with Gasteiger partial charge in [-0.15, -0.1) is 5.10 Å². The number of morpholine rings is 1. The monoisotopic (exact) mass is 581 g/mol. The van der Waals surface area contributed by atoms with Crippen LogP contribution < -0.4 is 5.32 Å². The number of anilines is 1. The molecule has 4 aromatic rings. The molecule has 0 atom stereocenters. The van der Waals surface area contributed by atoms with Gasteiger partial charge in [-0.2, -0.15) is 0 Å². The zero-order valence-corrected chi connectivity index (χ0v) is 24.3. The summed E-state index contributed by atoms with van der Waals surface area (Å²) in [4.78, 5) is 27.3. The molecule has 1 saturated carbocycles. The first-order valence-corrected chi connectivity index (χ1v) is 15.1. The first kappa shape index (κ1) is 27.5. The van der Waals surface area contributed by atoms with Gasteiger partial charge >= 0.3 is 12.0 Å². The van der Waals surface area contributed by atoms with Gasteiger partial charge in [0.05, 0.1) is 44.7 Å². The number of aromatic nitrogens is 3. The lowest BCUT2D eigenvalue weighted by Gasteiger charge is -2.25. The number of amides is 1. The summed E-state index contributed by atoms with van der Waals surface area (Å²) in [6, 6.07) is 14.3. The van der Waals surface area contributed by atoms with E-state index in [1.807, 2.05) is 23.1 Å². The normalized spacial score (nSPS) is 17.6. The molecule has 1 amide bonds. The summed E-state index contributed by atoms with van der Waals surface area (Å²) in [5, 5.41) is 12.4. The topological polar surface area (TPSA) is 112 Å². The van der Waals surface area contributed by atoms with E-state index < -0.39 is 0 Å². The van der Waals surface area contributed by atoms with Gasteiger partial charge in [0, 0.05) is 35.1 Å². The number of rotatable bonds is 6. The van der Waals surface area contributed by atoms with Crippen molar-refractivity contribution >= 4 is 40.4 Å². The molecule has 2 aromatic carbocycles. The Labute approximate surface area is 249 Å². The fourth-order valence-electron chi connectivity index (χ4n) is 6.78. The molecular formula is C33H35N5O5. The first-order valence-electron chi connectivity index (χ1n) is 15.1. The van der Waals surface area contributed by atoms with E-state index in [4.69, 9.17) is 13.9 Å².